The Morgan fingerprint density at radius 1 is 1.12 bits per heavy atom. The van der Waals surface area contributed by atoms with Crippen LogP contribution in [0.25, 0.3) is 21.5 Å². The maximum absolute atomic E-state index is 6.24. The summed E-state index contributed by atoms with van der Waals surface area (Å²) in [6.45, 7) is 6.71. The number of aryl methyl sites for hydroxylation is 1. The van der Waals surface area contributed by atoms with Gasteiger partial charge < -0.3 is 4.74 Å². The number of piperidine rings is 3. The summed E-state index contributed by atoms with van der Waals surface area (Å²) in [4.78, 5) is 7.09. The van der Waals surface area contributed by atoms with Gasteiger partial charge in [0.2, 0.25) is 5.88 Å². The van der Waals surface area contributed by atoms with Crippen LogP contribution in [0.1, 0.15) is 24.8 Å². The molecule has 0 amide bonds. The lowest BCUT2D eigenvalue weighted by Gasteiger charge is -2.48. The van der Waals surface area contributed by atoms with Crippen molar-refractivity contribution in [3.8, 4) is 17.1 Å². The van der Waals surface area contributed by atoms with Gasteiger partial charge in [-0.25, -0.2) is 4.98 Å². The highest BCUT2D eigenvalue weighted by Gasteiger charge is 2.41. The first-order valence-electron chi connectivity index (χ1n) is 9.29. The van der Waals surface area contributed by atoms with Crippen molar-refractivity contribution in [1.82, 2.24) is 20.1 Å². The zero-order chi connectivity index (χ0) is 17.7. The number of aromatic nitrogens is 3. The third-order valence-corrected chi connectivity index (χ3v) is 6.73. The molecule has 0 aliphatic carbocycles. The van der Waals surface area contributed by atoms with E-state index in [0.29, 0.717) is 17.8 Å². The standard InChI is InChI=1S/C20H22N4OS/c1-12-20(14-7-9-24(12)10-8-14)25-19-6-4-16(22-23-19)15-3-5-18-17(11-15)21-13(2)26-18/h3-6,11-12,14,20H,7-10H2,1-2H3. The highest BCUT2D eigenvalue weighted by molar-refractivity contribution is 7.18. The van der Waals surface area contributed by atoms with Crippen LogP contribution in [0.2, 0.25) is 0 Å². The SMILES string of the molecule is Cc1nc2cc(-c3ccc(OC4C5CCN(CC5)C4C)nn3)ccc2s1. The second-order valence-electron chi connectivity index (χ2n) is 7.37. The Morgan fingerprint density at radius 3 is 2.69 bits per heavy atom. The average molecular weight is 366 g/mol. The molecule has 2 aromatic heterocycles. The molecule has 2 atom stereocenters. The third-order valence-electron chi connectivity index (χ3n) is 5.78. The van der Waals surface area contributed by atoms with Crippen molar-refractivity contribution in [2.45, 2.75) is 38.8 Å². The van der Waals surface area contributed by atoms with Crippen molar-refractivity contribution in [1.29, 1.82) is 0 Å². The first-order valence-corrected chi connectivity index (χ1v) is 10.1. The van der Waals surface area contributed by atoms with Gasteiger partial charge in [-0.3, -0.25) is 4.90 Å². The molecule has 26 heavy (non-hydrogen) atoms. The van der Waals surface area contributed by atoms with Gasteiger partial charge in [-0.05, 0) is 63.9 Å². The number of nitrogens with zero attached hydrogens (tertiary/aromatic N) is 4. The lowest BCUT2D eigenvalue weighted by atomic mass is 9.81. The Morgan fingerprint density at radius 2 is 1.96 bits per heavy atom. The van der Waals surface area contributed by atoms with E-state index in [2.05, 4.69) is 45.2 Å². The molecular weight excluding hydrogens is 344 g/mol. The fourth-order valence-electron chi connectivity index (χ4n) is 4.33. The van der Waals surface area contributed by atoms with E-state index in [-0.39, 0.29) is 6.10 Å². The zero-order valence-electron chi connectivity index (χ0n) is 15.1. The quantitative estimate of drug-likeness (QED) is 0.703. The van der Waals surface area contributed by atoms with Crippen LogP contribution >= 0.6 is 11.3 Å². The van der Waals surface area contributed by atoms with E-state index in [4.69, 9.17) is 4.74 Å². The summed E-state index contributed by atoms with van der Waals surface area (Å²) in [5.74, 6) is 1.27. The van der Waals surface area contributed by atoms with Gasteiger partial charge in [-0.15, -0.1) is 21.5 Å². The number of benzene rings is 1. The molecular formula is C20H22N4OS. The van der Waals surface area contributed by atoms with E-state index in [0.717, 1.165) is 21.8 Å². The molecule has 1 aromatic carbocycles. The molecule has 3 saturated heterocycles. The van der Waals surface area contributed by atoms with Gasteiger partial charge in [0, 0.05) is 17.7 Å². The molecule has 0 N–H and O–H groups in total. The van der Waals surface area contributed by atoms with Crippen LogP contribution in [0.3, 0.4) is 0 Å². The van der Waals surface area contributed by atoms with Crippen LogP contribution in [0.4, 0.5) is 0 Å². The Hall–Kier alpha value is -2.05. The summed E-state index contributed by atoms with van der Waals surface area (Å²) in [5, 5.41) is 9.83. The maximum atomic E-state index is 6.24. The zero-order valence-corrected chi connectivity index (χ0v) is 15.9. The predicted octanol–water partition coefficient (Wildman–Crippen LogP) is 3.92. The predicted molar refractivity (Wildman–Crippen MR) is 104 cm³/mol. The number of hydrogen-bond donors (Lipinski definition) is 0. The second kappa shape index (κ2) is 6.28. The van der Waals surface area contributed by atoms with Crippen LogP contribution in [-0.2, 0) is 0 Å². The number of fused-ring (bicyclic) bond motifs is 4. The third kappa shape index (κ3) is 2.77. The molecule has 3 fully saturated rings. The summed E-state index contributed by atoms with van der Waals surface area (Å²) in [5.41, 5.74) is 2.91. The Bertz CT molecular complexity index is 929. The second-order valence-corrected chi connectivity index (χ2v) is 8.60. The van der Waals surface area contributed by atoms with Crippen molar-refractivity contribution in [3.05, 3.63) is 35.3 Å². The molecule has 0 spiro atoms. The highest BCUT2D eigenvalue weighted by atomic mass is 32.1. The topological polar surface area (TPSA) is 51.1 Å². The summed E-state index contributed by atoms with van der Waals surface area (Å²) in [6, 6.07) is 10.7. The molecule has 6 rings (SSSR count). The van der Waals surface area contributed by atoms with Crippen molar-refractivity contribution in [2.24, 2.45) is 5.92 Å². The van der Waals surface area contributed by atoms with E-state index >= 15 is 0 Å². The van der Waals surface area contributed by atoms with Gasteiger partial charge >= 0.3 is 0 Å². The van der Waals surface area contributed by atoms with Crippen LogP contribution in [0, 0.1) is 12.8 Å². The molecule has 134 valence electrons. The minimum Gasteiger partial charge on any atom is -0.471 e. The first kappa shape index (κ1) is 16.1. The summed E-state index contributed by atoms with van der Waals surface area (Å²) < 4.78 is 7.44. The van der Waals surface area contributed by atoms with Gasteiger partial charge in [0.1, 0.15) is 6.10 Å². The molecule has 6 heteroatoms. The van der Waals surface area contributed by atoms with Crippen molar-refractivity contribution >= 4 is 21.6 Å². The first-order chi connectivity index (χ1) is 12.7. The number of rotatable bonds is 3. The Labute approximate surface area is 157 Å². The molecule has 0 radical (unpaired) electrons. The maximum Gasteiger partial charge on any atom is 0.233 e. The van der Waals surface area contributed by atoms with Crippen LogP contribution in [0.15, 0.2) is 30.3 Å². The van der Waals surface area contributed by atoms with Gasteiger partial charge in [0.05, 0.1) is 20.9 Å². The lowest BCUT2D eigenvalue weighted by Crippen LogP contribution is -2.58. The minimum absolute atomic E-state index is 0.229. The van der Waals surface area contributed by atoms with Gasteiger partial charge in [-0.2, -0.15) is 0 Å². The fourth-order valence-corrected chi connectivity index (χ4v) is 5.14. The normalized spacial score (nSPS) is 27.8. The van der Waals surface area contributed by atoms with Crippen LogP contribution in [0.5, 0.6) is 5.88 Å². The molecule has 2 unspecified atom stereocenters. The molecule has 3 aliphatic rings. The molecule has 5 heterocycles. The van der Waals surface area contributed by atoms with Crippen LogP contribution < -0.4 is 4.74 Å². The molecule has 3 aliphatic heterocycles. The molecule has 5 nitrogen and oxygen atoms in total. The van der Waals surface area contributed by atoms with Crippen molar-refractivity contribution in [3.63, 3.8) is 0 Å². The molecule has 0 saturated carbocycles. The molecule has 2 bridgehead atoms. The summed E-state index contributed by atoms with van der Waals surface area (Å²) in [7, 11) is 0. The lowest BCUT2D eigenvalue weighted by molar-refractivity contribution is -0.0528. The van der Waals surface area contributed by atoms with E-state index < -0.39 is 0 Å². The summed E-state index contributed by atoms with van der Waals surface area (Å²) in [6.07, 6.45) is 2.69. The van der Waals surface area contributed by atoms with Crippen LogP contribution in [-0.4, -0.2) is 45.3 Å². The number of thiazole rings is 1. The monoisotopic (exact) mass is 366 g/mol. The van der Waals surface area contributed by atoms with Crippen molar-refractivity contribution < 1.29 is 4.74 Å². The van der Waals surface area contributed by atoms with Crippen molar-refractivity contribution in [2.75, 3.05) is 13.1 Å². The largest absolute Gasteiger partial charge is 0.471 e. The molecule has 3 aromatic rings. The summed E-state index contributed by atoms with van der Waals surface area (Å²) >= 11 is 1.71. The average Bonchev–Trinajstić information content (AvgIpc) is 3.05. The van der Waals surface area contributed by atoms with E-state index in [1.807, 2.05) is 19.1 Å². The van der Waals surface area contributed by atoms with Gasteiger partial charge in [0.15, 0.2) is 0 Å². The fraction of sp³-hybridized carbons (Fsp3) is 0.450. The highest BCUT2D eigenvalue weighted by Crippen LogP contribution is 2.34. The van der Waals surface area contributed by atoms with Gasteiger partial charge in [0.25, 0.3) is 0 Å². The number of hydrogen-bond acceptors (Lipinski definition) is 6. The van der Waals surface area contributed by atoms with E-state index in [1.54, 1.807) is 11.3 Å². The van der Waals surface area contributed by atoms with E-state index in [9.17, 15) is 0 Å². The number of ether oxygens (including phenoxy) is 1. The smallest absolute Gasteiger partial charge is 0.233 e. The van der Waals surface area contributed by atoms with Gasteiger partial charge in [-0.1, -0.05) is 6.07 Å². The Balaban J connectivity index is 1.36. The Kier molecular flexibility index (Phi) is 3.90. The minimum atomic E-state index is 0.229. The van der Waals surface area contributed by atoms with E-state index in [1.165, 1.54) is 30.6 Å².